The molecule has 1 aliphatic heterocycles. The number of nitrogens with one attached hydrogen (secondary N) is 1. The van der Waals surface area contributed by atoms with Crippen LogP contribution in [0.5, 0.6) is 0 Å². The third-order valence-electron chi connectivity index (χ3n) is 6.28. The molecule has 0 aliphatic carbocycles. The van der Waals surface area contributed by atoms with E-state index in [2.05, 4.69) is 40.8 Å². The van der Waals surface area contributed by atoms with Gasteiger partial charge in [-0.05, 0) is 81.8 Å². The smallest absolute Gasteiger partial charge is 0.336 e. The predicted molar refractivity (Wildman–Crippen MR) is 144 cm³/mol. The van der Waals surface area contributed by atoms with Crippen LogP contribution in [0.1, 0.15) is 30.8 Å². The predicted octanol–water partition coefficient (Wildman–Crippen LogP) is 5.91. The van der Waals surface area contributed by atoms with E-state index >= 15 is 0 Å². The second-order valence-electron chi connectivity index (χ2n) is 8.38. The van der Waals surface area contributed by atoms with Gasteiger partial charge < -0.3 is 9.47 Å². The van der Waals surface area contributed by atoms with Crippen LogP contribution < -0.4 is 15.1 Å². The number of nitrogens with zero attached hydrogens (tertiary/aromatic N) is 3. The molecule has 4 amide bonds. The molecule has 4 rings (SSSR count). The number of aryl methyl sites for hydroxylation is 1. The van der Waals surface area contributed by atoms with E-state index in [9.17, 15) is 14.4 Å². The number of aromatic nitrogens is 1. The molecule has 9 heteroatoms. The van der Waals surface area contributed by atoms with E-state index in [0.717, 1.165) is 40.8 Å². The van der Waals surface area contributed by atoms with Gasteiger partial charge in [-0.3, -0.25) is 14.9 Å². The van der Waals surface area contributed by atoms with Gasteiger partial charge in [0.1, 0.15) is 5.57 Å². The van der Waals surface area contributed by atoms with Crippen molar-refractivity contribution in [3.8, 4) is 5.69 Å². The molecule has 2 heterocycles. The van der Waals surface area contributed by atoms with E-state index in [4.69, 9.17) is 23.2 Å². The number of benzene rings is 2. The van der Waals surface area contributed by atoms with Gasteiger partial charge in [0, 0.05) is 35.9 Å². The fourth-order valence-electron chi connectivity index (χ4n) is 4.43. The first kappa shape index (κ1) is 25.5. The third-order valence-corrected chi connectivity index (χ3v) is 7.09. The molecule has 1 aromatic heterocycles. The fraction of sp³-hybridized carbons (Fsp3) is 0.222. The molecule has 7 nitrogen and oxygen atoms in total. The molecule has 0 atom stereocenters. The van der Waals surface area contributed by atoms with Crippen LogP contribution in [0.3, 0.4) is 0 Å². The standard InChI is InChI=1S/C27H26Cl2N4O3/c1-5-31(6-2)19-10-12-20(13-11-19)32-16(3)14-18(17(32)4)15-21-25(34)30-27(36)33(26(21)35)23-9-7-8-22(28)24(23)29/h7-15H,5-6H2,1-4H3,(H,30,34,36)/b21-15+. The summed E-state index contributed by atoms with van der Waals surface area (Å²) in [4.78, 5) is 41.6. The lowest BCUT2D eigenvalue weighted by Crippen LogP contribution is -2.54. The molecule has 0 saturated carbocycles. The summed E-state index contributed by atoms with van der Waals surface area (Å²) in [6.45, 7) is 9.96. The van der Waals surface area contributed by atoms with Crippen LogP contribution in [-0.2, 0) is 9.59 Å². The summed E-state index contributed by atoms with van der Waals surface area (Å²) in [5, 5.41) is 2.45. The summed E-state index contributed by atoms with van der Waals surface area (Å²) in [7, 11) is 0. The van der Waals surface area contributed by atoms with Crippen molar-refractivity contribution in [1.29, 1.82) is 0 Å². The van der Waals surface area contributed by atoms with Crippen LogP contribution in [0.2, 0.25) is 10.0 Å². The van der Waals surface area contributed by atoms with Crippen LogP contribution in [0, 0.1) is 13.8 Å². The Balaban J connectivity index is 1.72. The quantitative estimate of drug-likeness (QED) is 0.321. The first-order valence-corrected chi connectivity index (χ1v) is 12.3. The van der Waals surface area contributed by atoms with Gasteiger partial charge in [0.05, 0.1) is 15.7 Å². The zero-order chi connectivity index (χ0) is 26.1. The van der Waals surface area contributed by atoms with Gasteiger partial charge in [0.25, 0.3) is 11.8 Å². The number of hydrogen-bond acceptors (Lipinski definition) is 4. The molecule has 0 unspecified atom stereocenters. The Kier molecular flexibility index (Phi) is 7.24. The summed E-state index contributed by atoms with van der Waals surface area (Å²) < 4.78 is 2.06. The molecule has 1 saturated heterocycles. The summed E-state index contributed by atoms with van der Waals surface area (Å²) >= 11 is 12.3. The maximum absolute atomic E-state index is 13.3. The molecular weight excluding hydrogens is 499 g/mol. The Bertz CT molecular complexity index is 1390. The lowest BCUT2D eigenvalue weighted by Gasteiger charge is -2.27. The first-order chi connectivity index (χ1) is 17.2. The second-order valence-corrected chi connectivity index (χ2v) is 9.17. The van der Waals surface area contributed by atoms with Gasteiger partial charge in [0.2, 0.25) is 0 Å². The first-order valence-electron chi connectivity index (χ1n) is 11.6. The summed E-state index contributed by atoms with van der Waals surface area (Å²) in [5.41, 5.74) is 4.50. The molecule has 36 heavy (non-hydrogen) atoms. The summed E-state index contributed by atoms with van der Waals surface area (Å²) in [5.74, 6) is -1.55. The van der Waals surface area contributed by atoms with Crippen LogP contribution in [0.4, 0.5) is 16.2 Å². The average Bonchev–Trinajstić information content (AvgIpc) is 3.13. The second kappa shape index (κ2) is 10.2. The van der Waals surface area contributed by atoms with E-state index in [1.165, 1.54) is 12.1 Å². The highest BCUT2D eigenvalue weighted by Gasteiger charge is 2.38. The van der Waals surface area contributed by atoms with Crippen molar-refractivity contribution < 1.29 is 14.4 Å². The van der Waals surface area contributed by atoms with Crippen molar-refractivity contribution in [1.82, 2.24) is 9.88 Å². The van der Waals surface area contributed by atoms with E-state index in [1.807, 2.05) is 32.0 Å². The SMILES string of the molecule is CCN(CC)c1ccc(-n2c(C)cc(/C=C3\C(=O)NC(=O)N(c4cccc(Cl)c4Cl)C3=O)c2C)cc1. The van der Waals surface area contributed by atoms with Crippen molar-refractivity contribution in [3.63, 3.8) is 0 Å². The number of carbonyl (C=O) groups is 3. The number of imide groups is 2. The molecule has 1 aliphatic rings. The number of amides is 4. The molecule has 1 fully saturated rings. The Morgan fingerprint density at radius 1 is 0.972 bits per heavy atom. The molecule has 2 aromatic carbocycles. The van der Waals surface area contributed by atoms with Crippen LogP contribution >= 0.6 is 23.2 Å². The summed E-state index contributed by atoms with van der Waals surface area (Å²) in [6.07, 6.45) is 1.50. The monoisotopic (exact) mass is 524 g/mol. The van der Waals surface area contributed by atoms with E-state index in [1.54, 1.807) is 12.1 Å². The van der Waals surface area contributed by atoms with Crippen molar-refractivity contribution in [3.05, 3.63) is 81.1 Å². The minimum absolute atomic E-state index is 0.0442. The maximum Gasteiger partial charge on any atom is 0.336 e. The van der Waals surface area contributed by atoms with E-state index < -0.39 is 17.8 Å². The Morgan fingerprint density at radius 2 is 1.64 bits per heavy atom. The van der Waals surface area contributed by atoms with Gasteiger partial charge >= 0.3 is 6.03 Å². The van der Waals surface area contributed by atoms with Crippen LogP contribution in [0.15, 0.2) is 54.1 Å². The molecule has 186 valence electrons. The van der Waals surface area contributed by atoms with Crippen molar-refractivity contribution in [2.24, 2.45) is 0 Å². The van der Waals surface area contributed by atoms with Gasteiger partial charge in [-0.2, -0.15) is 0 Å². The number of hydrogen-bond donors (Lipinski definition) is 1. The third kappa shape index (κ3) is 4.52. The van der Waals surface area contributed by atoms with Crippen LogP contribution in [0.25, 0.3) is 11.8 Å². The number of carbonyl (C=O) groups excluding carboxylic acids is 3. The Labute approximate surface area is 219 Å². The lowest BCUT2D eigenvalue weighted by atomic mass is 10.1. The van der Waals surface area contributed by atoms with Gasteiger partial charge in [-0.1, -0.05) is 29.3 Å². The average molecular weight is 525 g/mol. The lowest BCUT2D eigenvalue weighted by molar-refractivity contribution is -0.122. The highest BCUT2D eigenvalue weighted by Crippen LogP contribution is 2.34. The minimum atomic E-state index is -0.884. The Hall–Kier alpha value is -3.55. The zero-order valence-corrected chi connectivity index (χ0v) is 21.9. The number of anilines is 2. The van der Waals surface area contributed by atoms with Gasteiger partial charge in [0.15, 0.2) is 0 Å². The largest absolute Gasteiger partial charge is 0.372 e. The van der Waals surface area contributed by atoms with Crippen molar-refractivity contribution in [2.75, 3.05) is 22.9 Å². The molecule has 0 spiro atoms. The topological polar surface area (TPSA) is 74.7 Å². The Morgan fingerprint density at radius 3 is 2.28 bits per heavy atom. The number of urea groups is 1. The minimum Gasteiger partial charge on any atom is -0.372 e. The molecule has 3 aromatic rings. The molecular formula is C27H26Cl2N4O3. The zero-order valence-electron chi connectivity index (χ0n) is 20.4. The highest BCUT2D eigenvalue weighted by atomic mass is 35.5. The number of halogens is 2. The molecule has 1 N–H and O–H groups in total. The van der Waals surface area contributed by atoms with Crippen molar-refractivity contribution >= 4 is 58.5 Å². The molecule has 0 bridgehead atoms. The van der Waals surface area contributed by atoms with E-state index in [-0.39, 0.29) is 21.3 Å². The van der Waals surface area contributed by atoms with Gasteiger partial charge in [-0.25, -0.2) is 9.69 Å². The molecule has 0 radical (unpaired) electrons. The number of rotatable bonds is 6. The normalized spacial score (nSPS) is 15.0. The van der Waals surface area contributed by atoms with Crippen LogP contribution in [-0.4, -0.2) is 35.5 Å². The number of barbiturate groups is 1. The maximum atomic E-state index is 13.3. The van der Waals surface area contributed by atoms with E-state index in [0.29, 0.717) is 5.56 Å². The highest BCUT2D eigenvalue weighted by molar-refractivity contribution is 6.46. The fourth-order valence-corrected chi connectivity index (χ4v) is 4.81. The van der Waals surface area contributed by atoms with Gasteiger partial charge in [-0.15, -0.1) is 0 Å². The van der Waals surface area contributed by atoms with Crippen molar-refractivity contribution in [2.45, 2.75) is 27.7 Å². The summed E-state index contributed by atoms with van der Waals surface area (Å²) in [6, 6.07) is 13.9.